The van der Waals surface area contributed by atoms with Crippen LogP contribution in [0, 0.1) is 21.4 Å². The van der Waals surface area contributed by atoms with E-state index in [0.717, 1.165) is 6.07 Å². The Morgan fingerprint density at radius 1 is 1.25 bits per heavy atom. The highest BCUT2D eigenvalue weighted by atomic mass is 16.6. The predicted octanol–water partition coefficient (Wildman–Crippen LogP) is 5.09. The van der Waals surface area contributed by atoms with E-state index in [4.69, 9.17) is 4.74 Å². The Hall–Kier alpha value is -4.85. The summed E-state index contributed by atoms with van der Waals surface area (Å²) in [4.78, 5) is 37.1. The number of non-ortho nitro benzene ring substituents is 1. The Morgan fingerprint density at radius 3 is 2.69 bits per heavy atom. The highest BCUT2D eigenvalue weighted by molar-refractivity contribution is 6.05. The number of fused-ring (bicyclic) bond motifs is 2. The number of benzene rings is 3. The molecule has 36 heavy (non-hydrogen) atoms. The summed E-state index contributed by atoms with van der Waals surface area (Å²) >= 11 is 0. The third-order valence-corrected chi connectivity index (χ3v) is 5.80. The summed E-state index contributed by atoms with van der Waals surface area (Å²) in [5.74, 6) is -0.750. The Bertz CT molecular complexity index is 1460. The largest absolute Gasteiger partial charge is 0.506 e. The van der Waals surface area contributed by atoms with Gasteiger partial charge in [0, 0.05) is 42.6 Å². The summed E-state index contributed by atoms with van der Waals surface area (Å²) in [7, 11) is 0. The van der Waals surface area contributed by atoms with Crippen LogP contribution >= 0.6 is 0 Å². The number of aromatic hydroxyl groups is 1. The molecule has 0 fully saturated rings. The molecule has 0 radical (unpaired) electrons. The molecule has 0 aliphatic carbocycles. The van der Waals surface area contributed by atoms with Crippen LogP contribution in [0.3, 0.4) is 0 Å². The first-order chi connectivity index (χ1) is 17.3. The molecule has 4 rings (SSSR count). The fraction of sp³-hybridized carbons (Fsp3) is 0.240. The smallest absolute Gasteiger partial charge is 0.307 e. The van der Waals surface area contributed by atoms with E-state index >= 15 is 0 Å². The molecule has 11 heteroatoms. The maximum absolute atomic E-state index is 12.6. The molecule has 0 bridgehead atoms. The second-order valence-electron chi connectivity index (χ2n) is 7.98. The summed E-state index contributed by atoms with van der Waals surface area (Å²) in [5, 5.41) is 40.5. The number of hydrogen-bond donors (Lipinski definition) is 1. The van der Waals surface area contributed by atoms with Crippen molar-refractivity contribution in [1.29, 1.82) is 5.26 Å². The number of nitro benzene ring substituents is 1. The predicted molar refractivity (Wildman–Crippen MR) is 130 cm³/mol. The van der Waals surface area contributed by atoms with Gasteiger partial charge in [-0.05, 0) is 19.1 Å². The van der Waals surface area contributed by atoms with Crippen molar-refractivity contribution in [3.63, 3.8) is 0 Å². The first kappa shape index (κ1) is 24.3. The number of ether oxygens (including phenoxy) is 1. The van der Waals surface area contributed by atoms with E-state index in [1.54, 1.807) is 31.2 Å². The maximum atomic E-state index is 12.6. The average Bonchev–Trinajstić information content (AvgIpc) is 2.87. The van der Waals surface area contributed by atoms with Crippen LogP contribution in [0.4, 0.5) is 22.7 Å². The van der Waals surface area contributed by atoms with Crippen molar-refractivity contribution >= 4 is 45.3 Å². The summed E-state index contributed by atoms with van der Waals surface area (Å²) in [6.45, 7) is 2.71. The van der Waals surface area contributed by atoms with Crippen LogP contribution in [0.2, 0.25) is 0 Å². The number of nitro groups is 1. The maximum Gasteiger partial charge on any atom is 0.307 e. The first-order valence-electron chi connectivity index (χ1n) is 11.2. The second-order valence-corrected chi connectivity index (χ2v) is 7.98. The Kier molecular flexibility index (Phi) is 6.87. The van der Waals surface area contributed by atoms with Crippen LogP contribution in [0.5, 0.6) is 5.75 Å². The molecule has 1 heterocycles. The number of ketones is 1. The molecule has 0 saturated heterocycles. The van der Waals surface area contributed by atoms with E-state index in [0.29, 0.717) is 29.7 Å². The van der Waals surface area contributed by atoms with Crippen molar-refractivity contribution in [2.75, 3.05) is 24.6 Å². The van der Waals surface area contributed by atoms with Crippen molar-refractivity contribution in [3.8, 4) is 11.8 Å². The van der Waals surface area contributed by atoms with Crippen molar-refractivity contribution in [2.24, 2.45) is 10.2 Å². The molecule has 0 spiro atoms. The number of nitrogens with zero attached hydrogens (tertiary/aromatic N) is 5. The molecule has 0 amide bonds. The minimum Gasteiger partial charge on any atom is -0.506 e. The number of phenols is 1. The van der Waals surface area contributed by atoms with Crippen LogP contribution in [0.1, 0.15) is 35.7 Å². The number of Topliss-reactive ketones (excluding diaryl/α,β-unsaturated/α-hetero) is 1. The summed E-state index contributed by atoms with van der Waals surface area (Å²) in [6.07, 6.45) is 0.358. The second kappa shape index (κ2) is 10.2. The van der Waals surface area contributed by atoms with E-state index in [2.05, 4.69) is 10.2 Å². The molecule has 3 aromatic rings. The molecule has 182 valence electrons. The fourth-order valence-corrected chi connectivity index (χ4v) is 4.10. The molecular formula is C25H21N5O6. The molecule has 3 aromatic carbocycles. The number of phenolic OH excluding ortho intramolecular Hbond substituents is 1. The lowest BCUT2D eigenvalue weighted by atomic mass is 9.99. The number of hydrogen-bond acceptors (Lipinski definition) is 10. The average molecular weight is 487 g/mol. The van der Waals surface area contributed by atoms with Crippen LogP contribution in [-0.2, 0) is 9.53 Å². The highest BCUT2D eigenvalue weighted by Gasteiger charge is 2.26. The van der Waals surface area contributed by atoms with Gasteiger partial charge in [0.15, 0.2) is 5.78 Å². The van der Waals surface area contributed by atoms with Crippen molar-refractivity contribution in [2.45, 2.75) is 19.8 Å². The number of rotatable bonds is 7. The Labute approximate surface area is 205 Å². The van der Waals surface area contributed by atoms with Gasteiger partial charge in [-0.2, -0.15) is 5.26 Å². The van der Waals surface area contributed by atoms with Gasteiger partial charge in [0.1, 0.15) is 23.2 Å². The Morgan fingerprint density at radius 2 is 2.00 bits per heavy atom. The normalized spacial score (nSPS) is 13.0. The van der Waals surface area contributed by atoms with E-state index in [1.807, 2.05) is 11.0 Å². The van der Waals surface area contributed by atoms with Gasteiger partial charge in [0.25, 0.3) is 5.69 Å². The minimum atomic E-state index is -0.571. The molecule has 0 aromatic heterocycles. The Balaban J connectivity index is 1.72. The third-order valence-electron chi connectivity index (χ3n) is 5.80. The fourth-order valence-electron chi connectivity index (χ4n) is 4.10. The lowest BCUT2D eigenvalue weighted by Crippen LogP contribution is -2.34. The summed E-state index contributed by atoms with van der Waals surface area (Å²) in [5.41, 5.74) is 0.629. The topological polar surface area (TPSA) is 158 Å². The van der Waals surface area contributed by atoms with Gasteiger partial charge in [0.2, 0.25) is 0 Å². The zero-order chi connectivity index (χ0) is 25.8. The molecule has 1 aliphatic heterocycles. The van der Waals surface area contributed by atoms with Crippen molar-refractivity contribution in [1.82, 2.24) is 0 Å². The molecule has 1 N–H and O–H groups in total. The summed E-state index contributed by atoms with van der Waals surface area (Å²) < 4.78 is 4.96. The van der Waals surface area contributed by atoms with E-state index in [-0.39, 0.29) is 65.0 Å². The monoisotopic (exact) mass is 487 g/mol. The third kappa shape index (κ3) is 4.69. The lowest BCUT2D eigenvalue weighted by molar-refractivity contribution is -0.383. The van der Waals surface area contributed by atoms with Gasteiger partial charge in [-0.1, -0.05) is 18.2 Å². The van der Waals surface area contributed by atoms with Gasteiger partial charge in [-0.25, -0.2) is 0 Å². The quantitative estimate of drug-likeness (QED) is 0.209. The SMILES string of the molecule is CCOC(=O)CCN1CCC(=O)c2cc(/N=N/c3c(C#N)cc([N+](=O)[O-])c4ccccc34)c(O)cc21. The number of carbonyl (C=O) groups is 2. The molecule has 11 nitrogen and oxygen atoms in total. The molecule has 1 aliphatic rings. The first-order valence-corrected chi connectivity index (χ1v) is 11.2. The number of azo groups is 1. The van der Waals surface area contributed by atoms with Gasteiger partial charge in [-0.3, -0.25) is 19.7 Å². The van der Waals surface area contributed by atoms with Gasteiger partial charge >= 0.3 is 5.97 Å². The number of esters is 1. The van der Waals surface area contributed by atoms with Gasteiger partial charge < -0.3 is 14.7 Å². The summed E-state index contributed by atoms with van der Waals surface area (Å²) in [6, 6.07) is 12.3. The zero-order valence-corrected chi connectivity index (χ0v) is 19.3. The number of anilines is 1. The number of carbonyl (C=O) groups excluding carboxylic acids is 2. The standard InChI is InChI=1S/C25H21N5O6/c1-2-36-24(33)8-10-29-9-7-22(31)18-12-19(23(32)13-20(18)29)27-28-25-15(14-26)11-21(30(34)35)16-5-3-4-6-17(16)25/h3-6,11-13,32H,2,7-10H2,1H3/b28-27+. The van der Waals surface area contributed by atoms with Gasteiger partial charge in [0.05, 0.1) is 34.6 Å². The van der Waals surface area contributed by atoms with Crippen LogP contribution in [-0.4, -0.2) is 41.5 Å². The van der Waals surface area contributed by atoms with E-state index < -0.39 is 4.92 Å². The molecular weight excluding hydrogens is 466 g/mol. The van der Waals surface area contributed by atoms with Crippen molar-refractivity contribution in [3.05, 3.63) is 63.7 Å². The van der Waals surface area contributed by atoms with Crippen LogP contribution in [0.15, 0.2) is 52.7 Å². The number of nitriles is 1. The van der Waals surface area contributed by atoms with Crippen LogP contribution < -0.4 is 4.90 Å². The minimum absolute atomic E-state index is 0.000617. The van der Waals surface area contributed by atoms with E-state index in [9.17, 15) is 30.1 Å². The molecule has 0 unspecified atom stereocenters. The zero-order valence-electron chi connectivity index (χ0n) is 19.3. The van der Waals surface area contributed by atoms with E-state index in [1.165, 1.54) is 12.1 Å². The van der Waals surface area contributed by atoms with Gasteiger partial charge in [-0.15, -0.1) is 10.2 Å². The highest BCUT2D eigenvalue weighted by Crippen LogP contribution is 2.41. The molecule has 0 atom stereocenters. The lowest BCUT2D eigenvalue weighted by Gasteiger charge is -2.30. The van der Waals surface area contributed by atoms with Crippen molar-refractivity contribution < 1.29 is 24.4 Å². The molecule has 0 saturated carbocycles. The van der Waals surface area contributed by atoms with Crippen LogP contribution in [0.25, 0.3) is 10.8 Å².